The van der Waals surface area contributed by atoms with Crippen LogP contribution in [0.4, 0.5) is 5.69 Å². The minimum Gasteiger partial charge on any atom is -0.369 e. The molecule has 0 amide bonds. The number of para-hydroxylation sites is 1. The summed E-state index contributed by atoms with van der Waals surface area (Å²) in [5.41, 5.74) is 8.98. The lowest BCUT2D eigenvalue weighted by atomic mass is 9.70. The molecule has 0 aliphatic carbocycles. The zero-order chi connectivity index (χ0) is 14.4. The van der Waals surface area contributed by atoms with Crippen LogP contribution in [0.2, 0.25) is 0 Å². The highest BCUT2D eigenvalue weighted by Crippen LogP contribution is 2.49. The third-order valence-electron chi connectivity index (χ3n) is 4.99. The Morgan fingerprint density at radius 1 is 1.30 bits per heavy atom. The Hall–Kier alpha value is -1.16. The number of nitrogens with zero attached hydrogens (tertiary/aromatic N) is 2. The molecule has 0 aromatic heterocycles. The standard InChI is InChI=1S/C16H23N3S/c1-12-6-4-5-7-13(12)19-14(17)18-10-16(19)11-20-9-8-15(16,2)3/h4-7H,8-11H2,1-3H3,(H2,17,18). The van der Waals surface area contributed by atoms with Crippen LogP contribution in [0.5, 0.6) is 0 Å². The summed E-state index contributed by atoms with van der Waals surface area (Å²) < 4.78 is 0. The maximum atomic E-state index is 6.27. The van der Waals surface area contributed by atoms with E-state index >= 15 is 0 Å². The number of hydrogen-bond donors (Lipinski definition) is 1. The highest BCUT2D eigenvalue weighted by Gasteiger charge is 2.55. The first-order valence-corrected chi connectivity index (χ1v) is 8.37. The summed E-state index contributed by atoms with van der Waals surface area (Å²) in [6, 6.07) is 8.48. The average molecular weight is 289 g/mol. The quantitative estimate of drug-likeness (QED) is 0.864. The third-order valence-corrected chi connectivity index (χ3v) is 6.16. The summed E-state index contributed by atoms with van der Waals surface area (Å²) in [7, 11) is 0. The minimum absolute atomic E-state index is 0.0200. The van der Waals surface area contributed by atoms with Gasteiger partial charge in [-0.3, -0.25) is 4.99 Å². The van der Waals surface area contributed by atoms with E-state index in [1.54, 1.807) is 0 Å². The number of rotatable bonds is 1. The molecule has 1 aromatic rings. The first kappa shape index (κ1) is 13.8. The molecule has 3 nitrogen and oxygen atoms in total. The van der Waals surface area contributed by atoms with Gasteiger partial charge in [0.05, 0.1) is 12.1 Å². The lowest BCUT2D eigenvalue weighted by Gasteiger charge is -2.52. The van der Waals surface area contributed by atoms with Crippen LogP contribution in [0.25, 0.3) is 0 Å². The van der Waals surface area contributed by atoms with E-state index in [0.29, 0.717) is 5.96 Å². The number of benzene rings is 1. The van der Waals surface area contributed by atoms with E-state index in [1.165, 1.54) is 23.4 Å². The fourth-order valence-corrected chi connectivity index (χ4v) is 5.11. The molecule has 0 radical (unpaired) electrons. The zero-order valence-electron chi connectivity index (χ0n) is 12.5. The SMILES string of the molecule is Cc1ccccc1N1C(N)=NCC12CSCCC2(C)C. The summed E-state index contributed by atoms with van der Waals surface area (Å²) in [6.45, 7) is 7.70. The predicted octanol–water partition coefficient (Wildman–Crippen LogP) is 3.03. The van der Waals surface area contributed by atoms with Crippen molar-refractivity contribution in [1.82, 2.24) is 0 Å². The molecular formula is C16H23N3S. The van der Waals surface area contributed by atoms with Crippen molar-refractivity contribution in [2.45, 2.75) is 32.7 Å². The second-order valence-electron chi connectivity index (χ2n) is 6.51. The van der Waals surface area contributed by atoms with Gasteiger partial charge in [0.15, 0.2) is 5.96 Å². The van der Waals surface area contributed by atoms with Crippen molar-refractivity contribution in [3.05, 3.63) is 29.8 Å². The van der Waals surface area contributed by atoms with Gasteiger partial charge in [0.2, 0.25) is 0 Å². The van der Waals surface area contributed by atoms with Gasteiger partial charge in [0.1, 0.15) is 0 Å². The summed E-state index contributed by atoms with van der Waals surface area (Å²) in [5, 5.41) is 0. The van der Waals surface area contributed by atoms with Crippen molar-refractivity contribution in [3.63, 3.8) is 0 Å². The lowest BCUT2D eigenvalue weighted by molar-refractivity contribution is 0.192. The molecule has 0 saturated carbocycles. The smallest absolute Gasteiger partial charge is 0.196 e. The molecule has 2 aliphatic rings. The summed E-state index contributed by atoms with van der Waals surface area (Å²) in [4.78, 5) is 6.93. The first-order valence-electron chi connectivity index (χ1n) is 7.21. The van der Waals surface area contributed by atoms with E-state index in [0.717, 1.165) is 12.3 Å². The number of aliphatic imine (C=N–C) groups is 1. The molecule has 4 heteroatoms. The highest BCUT2D eigenvalue weighted by atomic mass is 32.2. The molecular weight excluding hydrogens is 266 g/mol. The molecule has 3 rings (SSSR count). The van der Waals surface area contributed by atoms with Gasteiger partial charge in [0.25, 0.3) is 0 Å². The molecule has 2 heterocycles. The average Bonchev–Trinajstić information content (AvgIpc) is 2.73. The fraction of sp³-hybridized carbons (Fsp3) is 0.562. The van der Waals surface area contributed by atoms with Gasteiger partial charge >= 0.3 is 0 Å². The Bertz CT molecular complexity index is 552. The molecule has 1 aromatic carbocycles. The number of thioether (sulfide) groups is 1. The summed E-state index contributed by atoms with van der Waals surface area (Å²) in [6.07, 6.45) is 1.21. The Kier molecular flexibility index (Phi) is 3.24. The molecule has 1 saturated heterocycles. The van der Waals surface area contributed by atoms with Crippen molar-refractivity contribution in [3.8, 4) is 0 Å². The predicted molar refractivity (Wildman–Crippen MR) is 88.6 cm³/mol. The molecule has 1 atom stereocenters. The molecule has 1 spiro atoms. The van der Waals surface area contributed by atoms with Crippen LogP contribution in [0.15, 0.2) is 29.3 Å². The van der Waals surface area contributed by atoms with Gasteiger partial charge in [-0.15, -0.1) is 0 Å². The summed E-state index contributed by atoms with van der Waals surface area (Å²) >= 11 is 2.03. The molecule has 20 heavy (non-hydrogen) atoms. The number of hydrogen-bond acceptors (Lipinski definition) is 4. The fourth-order valence-electron chi connectivity index (χ4n) is 3.36. The van der Waals surface area contributed by atoms with Crippen LogP contribution in [0.3, 0.4) is 0 Å². The second kappa shape index (κ2) is 4.69. The van der Waals surface area contributed by atoms with Crippen LogP contribution in [-0.4, -0.2) is 29.5 Å². The van der Waals surface area contributed by atoms with Crippen molar-refractivity contribution in [2.75, 3.05) is 23.0 Å². The maximum absolute atomic E-state index is 6.27. The highest BCUT2D eigenvalue weighted by molar-refractivity contribution is 7.99. The Morgan fingerprint density at radius 2 is 2.05 bits per heavy atom. The van der Waals surface area contributed by atoms with E-state index in [4.69, 9.17) is 5.73 Å². The van der Waals surface area contributed by atoms with Crippen LogP contribution in [0, 0.1) is 12.3 Å². The van der Waals surface area contributed by atoms with Gasteiger partial charge in [0, 0.05) is 11.4 Å². The molecule has 0 bridgehead atoms. The number of guanidine groups is 1. The van der Waals surface area contributed by atoms with Gasteiger partial charge in [-0.25, -0.2) is 0 Å². The topological polar surface area (TPSA) is 41.6 Å². The number of aryl methyl sites for hydroxylation is 1. The number of anilines is 1. The molecule has 2 N–H and O–H groups in total. The van der Waals surface area contributed by atoms with Crippen LogP contribution in [-0.2, 0) is 0 Å². The van der Waals surface area contributed by atoms with E-state index < -0.39 is 0 Å². The van der Waals surface area contributed by atoms with E-state index in [-0.39, 0.29) is 11.0 Å². The van der Waals surface area contributed by atoms with Crippen LogP contribution >= 0.6 is 11.8 Å². The lowest BCUT2D eigenvalue weighted by Crippen LogP contribution is -2.64. The van der Waals surface area contributed by atoms with Gasteiger partial charge in [-0.1, -0.05) is 32.0 Å². The van der Waals surface area contributed by atoms with Crippen LogP contribution < -0.4 is 10.6 Å². The van der Waals surface area contributed by atoms with E-state index in [9.17, 15) is 0 Å². The summed E-state index contributed by atoms with van der Waals surface area (Å²) in [5.74, 6) is 3.00. The van der Waals surface area contributed by atoms with Crippen LogP contribution in [0.1, 0.15) is 25.8 Å². The third kappa shape index (κ3) is 1.85. The van der Waals surface area contributed by atoms with Gasteiger partial charge < -0.3 is 10.6 Å². The molecule has 108 valence electrons. The maximum Gasteiger partial charge on any atom is 0.196 e. The van der Waals surface area contributed by atoms with Crippen molar-refractivity contribution in [1.29, 1.82) is 0 Å². The Balaban J connectivity index is 2.11. The van der Waals surface area contributed by atoms with E-state index in [2.05, 4.69) is 54.9 Å². The molecule has 1 fully saturated rings. The minimum atomic E-state index is 0.0200. The second-order valence-corrected chi connectivity index (χ2v) is 7.62. The zero-order valence-corrected chi connectivity index (χ0v) is 13.3. The largest absolute Gasteiger partial charge is 0.369 e. The molecule has 2 aliphatic heterocycles. The first-order chi connectivity index (χ1) is 9.48. The Labute approximate surface area is 125 Å². The van der Waals surface area contributed by atoms with Crippen molar-refractivity contribution in [2.24, 2.45) is 16.1 Å². The molecule has 1 unspecified atom stereocenters. The van der Waals surface area contributed by atoms with Gasteiger partial charge in [-0.05, 0) is 36.1 Å². The van der Waals surface area contributed by atoms with Crippen molar-refractivity contribution >= 4 is 23.4 Å². The number of nitrogens with two attached hydrogens (primary N) is 1. The Morgan fingerprint density at radius 3 is 2.75 bits per heavy atom. The van der Waals surface area contributed by atoms with E-state index in [1.807, 2.05) is 11.8 Å². The monoisotopic (exact) mass is 289 g/mol. The van der Waals surface area contributed by atoms with Gasteiger partial charge in [-0.2, -0.15) is 11.8 Å². The normalized spacial score (nSPS) is 28.8. The van der Waals surface area contributed by atoms with Crippen molar-refractivity contribution < 1.29 is 0 Å².